The van der Waals surface area contributed by atoms with Gasteiger partial charge < -0.3 is 5.32 Å². The van der Waals surface area contributed by atoms with Crippen molar-refractivity contribution in [1.29, 1.82) is 0 Å². The van der Waals surface area contributed by atoms with Crippen LogP contribution in [0.5, 0.6) is 0 Å². The Balaban J connectivity index is 2.31. The first-order valence-corrected chi connectivity index (χ1v) is 6.12. The molecule has 0 spiro atoms. The van der Waals surface area contributed by atoms with E-state index in [1.54, 1.807) is 6.07 Å². The summed E-state index contributed by atoms with van der Waals surface area (Å²) < 4.78 is 38.1. The Morgan fingerprint density at radius 3 is 2.44 bits per heavy atom. The molecule has 1 unspecified atom stereocenters. The molecule has 2 rings (SSSR count). The largest absolute Gasteiger partial charge is 0.416 e. The maximum atomic E-state index is 12.7. The number of fused-ring (bicyclic) bond motifs is 1. The fourth-order valence-electron chi connectivity index (χ4n) is 2.50. The molecule has 0 aromatic heterocycles. The van der Waals surface area contributed by atoms with Gasteiger partial charge in [0, 0.05) is 18.2 Å². The van der Waals surface area contributed by atoms with E-state index in [2.05, 4.69) is 26.1 Å². The van der Waals surface area contributed by atoms with Crippen LogP contribution in [0.2, 0.25) is 0 Å². The molecule has 18 heavy (non-hydrogen) atoms. The highest BCUT2D eigenvalue weighted by Crippen LogP contribution is 2.41. The molecule has 0 bridgehead atoms. The van der Waals surface area contributed by atoms with E-state index in [1.165, 1.54) is 6.07 Å². The second-order valence-electron chi connectivity index (χ2n) is 6.14. The van der Waals surface area contributed by atoms with Crippen LogP contribution in [0.25, 0.3) is 0 Å². The summed E-state index contributed by atoms with van der Waals surface area (Å²) in [5.74, 6) is 0.169. The maximum absolute atomic E-state index is 12.7. The molecule has 1 aliphatic rings. The summed E-state index contributed by atoms with van der Waals surface area (Å²) in [6.45, 7) is 7.06. The molecule has 1 atom stereocenters. The molecular formula is C14H18F3N. The Hall–Kier alpha value is -1.19. The van der Waals surface area contributed by atoms with Gasteiger partial charge in [0.1, 0.15) is 0 Å². The average molecular weight is 257 g/mol. The van der Waals surface area contributed by atoms with Crippen molar-refractivity contribution in [1.82, 2.24) is 0 Å². The molecule has 0 radical (unpaired) electrons. The van der Waals surface area contributed by atoms with E-state index in [1.807, 2.05) is 0 Å². The molecule has 100 valence electrons. The number of nitrogens with one attached hydrogen (secondary N) is 1. The number of halogens is 3. The smallest absolute Gasteiger partial charge is 0.384 e. The van der Waals surface area contributed by atoms with E-state index in [-0.39, 0.29) is 11.3 Å². The highest BCUT2D eigenvalue weighted by Gasteiger charge is 2.34. The van der Waals surface area contributed by atoms with Gasteiger partial charge in [0.15, 0.2) is 0 Å². The first kappa shape index (κ1) is 13.2. The number of rotatable bonds is 1. The van der Waals surface area contributed by atoms with Crippen molar-refractivity contribution >= 4 is 5.69 Å². The fourth-order valence-corrected chi connectivity index (χ4v) is 2.50. The summed E-state index contributed by atoms with van der Waals surface area (Å²) in [4.78, 5) is 0. The van der Waals surface area contributed by atoms with Crippen molar-refractivity contribution < 1.29 is 13.2 Å². The lowest BCUT2D eigenvalue weighted by atomic mass is 9.82. The van der Waals surface area contributed by atoms with Crippen molar-refractivity contribution in [3.63, 3.8) is 0 Å². The van der Waals surface area contributed by atoms with Gasteiger partial charge in [0.25, 0.3) is 0 Å². The number of benzene rings is 1. The summed E-state index contributed by atoms with van der Waals surface area (Å²) in [6, 6.07) is 3.98. The molecule has 4 heteroatoms. The van der Waals surface area contributed by atoms with Gasteiger partial charge in [-0.15, -0.1) is 0 Å². The second-order valence-corrected chi connectivity index (χ2v) is 6.14. The Labute approximate surface area is 105 Å². The minimum absolute atomic E-state index is 0.113. The zero-order valence-corrected chi connectivity index (χ0v) is 10.9. The van der Waals surface area contributed by atoms with E-state index in [0.29, 0.717) is 0 Å². The molecule has 0 amide bonds. The van der Waals surface area contributed by atoms with Crippen LogP contribution in [0, 0.1) is 5.41 Å². The third-order valence-corrected chi connectivity index (χ3v) is 3.22. The molecule has 1 nitrogen and oxygen atoms in total. The van der Waals surface area contributed by atoms with Crippen LogP contribution in [0.3, 0.4) is 0 Å². The summed E-state index contributed by atoms with van der Waals surface area (Å²) in [6.07, 6.45) is -3.38. The zero-order chi connectivity index (χ0) is 13.6. The van der Waals surface area contributed by atoms with Crippen LogP contribution in [-0.4, -0.2) is 6.54 Å². The second kappa shape index (κ2) is 4.18. The first-order valence-electron chi connectivity index (χ1n) is 6.12. The monoisotopic (exact) mass is 257 g/mol. The van der Waals surface area contributed by atoms with Gasteiger partial charge in [-0.2, -0.15) is 13.2 Å². The van der Waals surface area contributed by atoms with E-state index < -0.39 is 11.7 Å². The van der Waals surface area contributed by atoms with Crippen LogP contribution in [-0.2, 0) is 6.18 Å². The Bertz CT molecular complexity index is 443. The Kier molecular flexibility index (Phi) is 3.07. The number of hydrogen-bond donors (Lipinski definition) is 1. The van der Waals surface area contributed by atoms with Crippen molar-refractivity contribution in [3.05, 3.63) is 29.3 Å². The van der Waals surface area contributed by atoms with E-state index in [0.717, 1.165) is 30.3 Å². The Morgan fingerprint density at radius 2 is 1.89 bits per heavy atom. The van der Waals surface area contributed by atoms with Crippen molar-refractivity contribution in [3.8, 4) is 0 Å². The normalized spacial score (nSPS) is 19.6. The fraction of sp³-hybridized carbons (Fsp3) is 0.571. The topological polar surface area (TPSA) is 12.0 Å². The lowest BCUT2D eigenvalue weighted by molar-refractivity contribution is -0.137. The Morgan fingerprint density at radius 1 is 1.22 bits per heavy atom. The van der Waals surface area contributed by atoms with E-state index >= 15 is 0 Å². The highest BCUT2D eigenvalue weighted by atomic mass is 19.4. The SMILES string of the molecule is CC(C)(C)CC1CNc2ccc(C(F)(F)F)cc21. The van der Waals surface area contributed by atoms with Gasteiger partial charge in [0.05, 0.1) is 5.56 Å². The van der Waals surface area contributed by atoms with Gasteiger partial charge in [-0.1, -0.05) is 20.8 Å². The standard InChI is InChI=1S/C14H18F3N/c1-13(2,3)7-9-8-18-12-5-4-10(6-11(9)12)14(15,16)17/h4-6,9,18H,7-8H2,1-3H3. The summed E-state index contributed by atoms with van der Waals surface area (Å²) in [5, 5.41) is 3.18. The molecule has 1 aromatic carbocycles. The molecule has 0 saturated heterocycles. The van der Waals surface area contributed by atoms with Gasteiger partial charge in [0.2, 0.25) is 0 Å². The van der Waals surface area contributed by atoms with E-state index in [4.69, 9.17) is 0 Å². The van der Waals surface area contributed by atoms with Gasteiger partial charge >= 0.3 is 6.18 Å². The molecule has 1 aromatic rings. The van der Waals surface area contributed by atoms with E-state index in [9.17, 15) is 13.2 Å². The molecular weight excluding hydrogens is 239 g/mol. The molecule has 1 heterocycles. The average Bonchev–Trinajstić information content (AvgIpc) is 2.57. The summed E-state index contributed by atoms with van der Waals surface area (Å²) in [7, 11) is 0. The molecule has 0 fully saturated rings. The third-order valence-electron chi connectivity index (χ3n) is 3.22. The predicted molar refractivity (Wildman–Crippen MR) is 66.7 cm³/mol. The first-order chi connectivity index (χ1) is 8.17. The minimum atomic E-state index is -4.26. The molecule has 1 aliphatic heterocycles. The maximum Gasteiger partial charge on any atom is 0.416 e. The van der Waals surface area contributed by atoms with Gasteiger partial charge in [-0.3, -0.25) is 0 Å². The number of hydrogen-bond acceptors (Lipinski definition) is 1. The van der Waals surface area contributed by atoms with Crippen LogP contribution < -0.4 is 5.32 Å². The lowest BCUT2D eigenvalue weighted by Gasteiger charge is -2.23. The number of alkyl halides is 3. The number of anilines is 1. The molecule has 0 saturated carbocycles. The predicted octanol–water partition coefficient (Wildman–Crippen LogP) is 4.65. The van der Waals surface area contributed by atoms with Crippen LogP contribution in [0.15, 0.2) is 18.2 Å². The van der Waals surface area contributed by atoms with Crippen LogP contribution in [0.4, 0.5) is 18.9 Å². The van der Waals surface area contributed by atoms with Gasteiger partial charge in [-0.25, -0.2) is 0 Å². The highest BCUT2D eigenvalue weighted by molar-refractivity contribution is 5.59. The van der Waals surface area contributed by atoms with Crippen molar-refractivity contribution in [2.75, 3.05) is 11.9 Å². The molecule has 1 N–H and O–H groups in total. The quantitative estimate of drug-likeness (QED) is 0.772. The van der Waals surface area contributed by atoms with Gasteiger partial charge in [-0.05, 0) is 35.6 Å². The molecule has 0 aliphatic carbocycles. The third kappa shape index (κ3) is 2.79. The summed E-state index contributed by atoms with van der Waals surface area (Å²) >= 11 is 0. The summed E-state index contributed by atoms with van der Waals surface area (Å²) in [5.41, 5.74) is 1.21. The minimum Gasteiger partial charge on any atom is -0.384 e. The lowest BCUT2D eigenvalue weighted by Crippen LogP contribution is -2.13. The zero-order valence-electron chi connectivity index (χ0n) is 10.9. The van der Waals surface area contributed by atoms with Crippen LogP contribution in [0.1, 0.15) is 44.2 Å². The van der Waals surface area contributed by atoms with Crippen molar-refractivity contribution in [2.24, 2.45) is 5.41 Å². The van der Waals surface area contributed by atoms with Crippen LogP contribution >= 0.6 is 0 Å². The van der Waals surface area contributed by atoms with Crippen molar-refractivity contribution in [2.45, 2.75) is 39.3 Å².